The van der Waals surface area contributed by atoms with Gasteiger partial charge in [-0.1, -0.05) is 27.5 Å². The van der Waals surface area contributed by atoms with Crippen molar-refractivity contribution in [3.05, 3.63) is 87.5 Å². The van der Waals surface area contributed by atoms with Crippen LogP contribution in [0.2, 0.25) is 0 Å². The van der Waals surface area contributed by atoms with Gasteiger partial charge in [0.1, 0.15) is 22.2 Å². The number of carbonyl (C=O) groups excluding carboxylic acids is 3. The highest BCUT2D eigenvalue weighted by Gasteiger charge is 2.40. The molecule has 0 atom stereocenters. The number of ether oxygens (including phenoxy) is 2. The smallest absolute Gasteiger partial charge is 0.283 e. The lowest BCUT2D eigenvalue weighted by molar-refractivity contribution is -0.120. The van der Waals surface area contributed by atoms with Crippen molar-refractivity contribution < 1.29 is 23.9 Å². The number of nitrogens with zero attached hydrogens (tertiary/aromatic N) is 1. The monoisotopic (exact) mass is 555 g/mol. The van der Waals surface area contributed by atoms with Crippen LogP contribution in [0.25, 0.3) is 0 Å². The third-order valence-corrected chi connectivity index (χ3v) is 6.05. The minimum atomic E-state index is -0.687. The molecule has 4 rings (SSSR count). The Morgan fingerprint density at radius 2 is 1.54 bits per heavy atom. The number of hydrogen-bond donors (Lipinski definition) is 2. The average molecular weight is 557 g/mol. The molecular formula is C25H19BrClN3O5. The highest BCUT2D eigenvalue weighted by molar-refractivity contribution is 9.10. The molecule has 8 nitrogen and oxygen atoms in total. The molecule has 3 aromatic carbocycles. The molecular weight excluding hydrogens is 538 g/mol. The number of methoxy groups -OCH3 is 2. The van der Waals surface area contributed by atoms with Gasteiger partial charge in [0.25, 0.3) is 17.7 Å². The van der Waals surface area contributed by atoms with Crippen LogP contribution < -0.4 is 25.0 Å². The summed E-state index contributed by atoms with van der Waals surface area (Å²) in [4.78, 5) is 39.4. The summed E-state index contributed by atoms with van der Waals surface area (Å²) < 4.78 is 11.4. The summed E-state index contributed by atoms with van der Waals surface area (Å²) in [5.41, 5.74) is 1.70. The van der Waals surface area contributed by atoms with Gasteiger partial charge in [0.05, 0.1) is 19.9 Å². The highest BCUT2D eigenvalue weighted by atomic mass is 79.9. The molecule has 0 aromatic heterocycles. The van der Waals surface area contributed by atoms with Crippen LogP contribution in [0.5, 0.6) is 11.5 Å². The van der Waals surface area contributed by atoms with Crippen molar-refractivity contribution in [1.82, 2.24) is 0 Å². The van der Waals surface area contributed by atoms with Crippen LogP contribution in [0.4, 0.5) is 17.1 Å². The zero-order valence-corrected chi connectivity index (χ0v) is 20.9. The average Bonchev–Trinajstić information content (AvgIpc) is 3.08. The second kappa shape index (κ2) is 10.2. The Hall–Kier alpha value is -3.82. The number of amides is 3. The summed E-state index contributed by atoms with van der Waals surface area (Å²) in [6.07, 6.45) is 0. The lowest BCUT2D eigenvalue weighted by Crippen LogP contribution is -2.32. The van der Waals surface area contributed by atoms with Crippen molar-refractivity contribution in [2.75, 3.05) is 29.8 Å². The van der Waals surface area contributed by atoms with Gasteiger partial charge in [0.15, 0.2) is 0 Å². The van der Waals surface area contributed by atoms with Crippen molar-refractivity contribution in [2.45, 2.75) is 0 Å². The molecule has 10 heteroatoms. The summed E-state index contributed by atoms with van der Waals surface area (Å²) in [5, 5.41) is 5.43. The molecule has 3 aromatic rings. The van der Waals surface area contributed by atoms with E-state index in [2.05, 4.69) is 26.6 Å². The van der Waals surface area contributed by atoms with Gasteiger partial charge in [-0.25, -0.2) is 4.90 Å². The summed E-state index contributed by atoms with van der Waals surface area (Å²) in [5.74, 6) is -0.834. The number of anilines is 3. The lowest BCUT2D eigenvalue weighted by Gasteiger charge is -2.18. The molecule has 0 aliphatic carbocycles. The second-order valence-electron chi connectivity index (χ2n) is 7.34. The first-order chi connectivity index (χ1) is 16.8. The van der Waals surface area contributed by atoms with Crippen LogP contribution in [-0.4, -0.2) is 31.9 Å². The molecule has 0 spiro atoms. The summed E-state index contributed by atoms with van der Waals surface area (Å²) in [6, 6.07) is 18.3. The maximum atomic E-state index is 13.1. The van der Waals surface area contributed by atoms with Gasteiger partial charge in [-0.15, -0.1) is 0 Å². The Balaban J connectivity index is 1.50. The third-order valence-electron chi connectivity index (χ3n) is 5.17. The number of carbonyl (C=O) groups is 3. The van der Waals surface area contributed by atoms with E-state index in [9.17, 15) is 14.4 Å². The van der Waals surface area contributed by atoms with E-state index in [1.54, 1.807) is 54.6 Å². The molecule has 0 saturated carbocycles. The molecule has 35 heavy (non-hydrogen) atoms. The number of rotatable bonds is 7. The number of halogens is 2. The molecule has 1 aliphatic heterocycles. The second-order valence-corrected chi connectivity index (χ2v) is 8.63. The Bertz CT molecular complexity index is 1340. The predicted octanol–water partition coefficient (Wildman–Crippen LogP) is 5.15. The van der Waals surface area contributed by atoms with E-state index in [-0.39, 0.29) is 28.1 Å². The first-order valence-corrected chi connectivity index (χ1v) is 11.4. The molecule has 0 bridgehead atoms. The van der Waals surface area contributed by atoms with E-state index in [4.69, 9.17) is 21.1 Å². The minimum absolute atomic E-state index is 0.0819. The molecule has 0 radical (unpaired) electrons. The maximum Gasteiger partial charge on any atom is 0.283 e. The van der Waals surface area contributed by atoms with E-state index in [0.29, 0.717) is 22.7 Å². The molecule has 1 aliphatic rings. The van der Waals surface area contributed by atoms with E-state index >= 15 is 0 Å². The molecule has 0 unspecified atom stereocenters. The standard InChI is InChI=1S/C25H19BrClN3O5/c1-34-18-11-12-19(20(13-18)35-2)30-24(32)21(27)22(25(30)33)28-16-7-3-14(4-8-16)23(31)29-17-9-5-15(26)6-10-17/h3-13,28H,1-2H3,(H,29,31). The zero-order chi connectivity index (χ0) is 25.1. The summed E-state index contributed by atoms with van der Waals surface area (Å²) in [6.45, 7) is 0. The van der Waals surface area contributed by atoms with Crippen molar-refractivity contribution >= 4 is 62.3 Å². The molecule has 0 fully saturated rings. The zero-order valence-electron chi connectivity index (χ0n) is 18.6. The van der Waals surface area contributed by atoms with Crippen LogP contribution in [0.15, 0.2) is 81.9 Å². The molecule has 3 amide bonds. The topological polar surface area (TPSA) is 97.0 Å². The number of nitrogens with one attached hydrogen (secondary N) is 2. The number of hydrogen-bond acceptors (Lipinski definition) is 6. The van der Waals surface area contributed by atoms with Crippen LogP contribution >= 0.6 is 27.5 Å². The minimum Gasteiger partial charge on any atom is -0.497 e. The number of benzene rings is 3. The third kappa shape index (κ3) is 5.01. The van der Waals surface area contributed by atoms with Crippen molar-refractivity contribution in [1.29, 1.82) is 0 Å². The SMILES string of the molecule is COc1ccc(N2C(=O)C(Cl)=C(Nc3ccc(C(=O)Nc4ccc(Br)cc4)cc3)C2=O)c(OC)c1. The van der Waals surface area contributed by atoms with E-state index in [1.807, 2.05) is 12.1 Å². The predicted molar refractivity (Wildman–Crippen MR) is 137 cm³/mol. The van der Waals surface area contributed by atoms with Crippen LogP contribution in [0.3, 0.4) is 0 Å². The van der Waals surface area contributed by atoms with Crippen molar-refractivity contribution in [3.8, 4) is 11.5 Å². The van der Waals surface area contributed by atoms with Gasteiger partial charge in [0.2, 0.25) is 0 Å². The van der Waals surface area contributed by atoms with Gasteiger partial charge in [-0.3, -0.25) is 14.4 Å². The highest BCUT2D eigenvalue weighted by Crippen LogP contribution is 2.37. The van der Waals surface area contributed by atoms with Gasteiger partial charge in [-0.2, -0.15) is 0 Å². The molecule has 0 saturated heterocycles. The maximum absolute atomic E-state index is 13.1. The van der Waals surface area contributed by atoms with Crippen LogP contribution in [-0.2, 0) is 9.59 Å². The Morgan fingerprint density at radius 3 is 2.17 bits per heavy atom. The molecule has 2 N–H and O–H groups in total. The Labute approximate surface area is 214 Å². The van der Waals surface area contributed by atoms with E-state index in [1.165, 1.54) is 14.2 Å². The van der Waals surface area contributed by atoms with Gasteiger partial charge < -0.3 is 20.1 Å². The van der Waals surface area contributed by atoms with Crippen molar-refractivity contribution in [3.63, 3.8) is 0 Å². The quantitative estimate of drug-likeness (QED) is 0.391. The first kappa shape index (κ1) is 24.3. The van der Waals surface area contributed by atoms with Crippen molar-refractivity contribution in [2.24, 2.45) is 0 Å². The molecule has 1 heterocycles. The number of imide groups is 1. The van der Waals surface area contributed by atoms with E-state index < -0.39 is 11.8 Å². The van der Waals surface area contributed by atoms with Crippen LogP contribution in [0, 0.1) is 0 Å². The van der Waals surface area contributed by atoms with Crippen LogP contribution in [0.1, 0.15) is 10.4 Å². The fourth-order valence-corrected chi connectivity index (χ4v) is 3.86. The first-order valence-electron chi connectivity index (χ1n) is 10.3. The Kier molecular flexibility index (Phi) is 7.09. The van der Waals surface area contributed by atoms with E-state index in [0.717, 1.165) is 9.37 Å². The van der Waals surface area contributed by atoms with Gasteiger partial charge >= 0.3 is 0 Å². The normalized spacial score (nSPS) is 13.2. The fraction of sp³-hybridized carbons (Fsp3) is 0.0800. The fourth-order valence-electron chi connectivity index (χ4n) is 3.39. The summed E-state index contributed by atoms with van der Waals surface area (Å²) in [7, 11) is 2.92. The largest absolute Gasteiger partial charge is 0.497 e. The molecule has 178 valence electrons. The summed E-state index contributed by atoms with van der Waals surface area (Å²) >= 11 is 9.58. The van der Waals surface area contributed by atoms with Gasteiger partial charge in [-0.05, 0) is 60.7 Å². The Morgan fingerprint density at radius 1 is 0.886 bits per heavy atom. The van der Waals surface area contributed by atoms with Gasteiger partial charge in [0, 0.05) is 27.5 Å². The lowest BCUT2D eigenvalue weighted by atomic mass is 10.2.